The molecule has 0 bridgehead atoms. The summed E-state index contributed by atoms with van der Waals surface area (Å²) in [6.45, 7) is 3.59. The van der Waals surface area contributed by atoms with Crippen LogP contribution in [0.3, 0.4) is 0 Å². The van der Waals surface area contributed by atoms with Crippen molar-refractivity contribution in [2.45, 2.75) is 24.8 Å². The van der Waals surface area contributed by atoms with E-state index in [1.54, 1.807) is 7.11 Å². The molecular weight excluding hydrogens is 590 g/mol. The molecule has 1 N–H and O–H groups in total. The van der Waals surface area contributed by atoms with E-state index in [-0.39, 0.29) is 12.5 Å². The highest BCUT2D eigenvalue weighted by Crippen LogP contribution is 2.31. The van der Waals surface area contributed by atoms with Gasteiger partial charge in [0.05, 0.1) is 9.09 Å². The van der Waals surface area contributed by atoms with Crippen molar-refractivity contribution in [3.05, 3.63) is 31.4 Å². The molecule has 0 fully saturated rings. The van der Waals surface area contributed by atoms with Crippen LogP contribution in [0.2, 0.25) is 0 Å². The number of para-hydroxylation sites is 1. The molecule has 0 spiro atoms. The standard InChI is InChI=1S/C19H20I2N2O3S/c1-12(24)23-19(2,9-6-10-25-3)18(27-4)26-17-15(21)11-13-7-5-8-14(20)16(13)22-17/h5,7-8,11,18H,10H2,1-4H3,(H,23,24). The van der Waals surface area contributed by atoms with E-state index < -0.39 is 11.0 Å². The molecule has 0 saturated heterocycles. The fraction of sp³-hybridized carbons (Fsp3) is 0.368. The quantitative estimate of drug-likeness (QED) is 0.304. The Balaban J connectivity index is 2.42. The maximum atomic E-state index is 11.8. The average molecular weight is 610 g/mol. The van der Waals surface area contributed by atoms with Crippen molar-refractivity contribution >= 4 is 73.8 Å². The van der Waals surface area contributed by atoms with Gasteiger partial charge < -0.3 is 14.8 Å². The summed E-state index contributed by atoms with van der Waals surface area (Å²) in [6, 6.07) is 8.09. The smallest absolute Gasteiger partial charge is 0.228 e. The van der Waals surface area contributed by atoms with Gasteiger partial charge in [-0.2, -0.15) is 0 Å². The van der Waals surface area contributed by atoms with Gasteiger partial charge in [0.2, 0.25) is 11.8 Å². The Hall–Kier alpha value is -0.770. The predicted molar refractivity (Wildman–Crippen MR) is 127 cm³/mol. The van der Waals surface area contributed by atoms with E-state index in [9.17, 15) is 4.79 Å². The van der Waals surface area contributed by atoms with Gasteiger partial charge in [0.25, 0.3) is 0 Å². The third-order valence-electron chi connectivity index (χ3n) is 3.62. The number of methoxy groups -OCH3 is 1. The van der Waals surface area contributed by atoms with Gasteiger partial charge in [-0.15, -0.1) is 11.8 Å². The summed E-state index contributed by atoms with van der Waals surface area (Å²) in [6.07, 6.45) is 1.92. The zero-order valence-electron chi connectivity index (χ0n) is 15.4. The van der Waals surface area contributed by atoms with Crippen LogP contribution in [0.5, 0.6) is 5.88 Å². The number of amides is 1. The molecule has 2 aromatic rings. The van der Waals surface area contributed by atoms with Crippen molar-refractivity contribution in [1.29, 1.82) is 0 Å². The Morgan fingerprint density at radius 3 is 2.78 bits per heavy atom. The number of aromatic nitrogens is 1. The fourth-order valence-electron chi connectivity index (χ4n) is 2.51. The normalized spacial score (nSPS) is 14.0. The number of hydrogen-bond donors (Lipinski definition) is 1. The minimum Gasteiger partial charge on any atom is -0.459 e. The predicted octanol–water partition coefficient (Wildman–Crippen LogP) is 4.06. The van der Waals surface area contributed by atoms with Gasteiger partial charge in [-0.25, -0.2) is 4.98 Å². The Labute approximate surface area is 191 Å². The van der Waals surface area contributed by atoms with Crippen molar-refractivity contribution in [1.82, 2.24) is 10.3 Å². The largest absolute Gasteiger partial charge is 0.459 e. The molecule has 0 aliphatic heterocycles. The van der Waals surface area contributed by atoms with Crippen molar-refractivity contribution in [2.75, 3.05) is 20.0 Å². The molecular formula is C19H20I2N2O3S. The Bertz CT molecular complexity index is 898. The van der Waals surface area contributed by atoms with Crippen LogP contribution in [0.4, 0.5) is 0 Å². The lowest BCUT2D eigenvalue weighted by Gasteiger charge is -2.32. The summed E-state index contributed by atoms with van der Waals surface area (Å²) in [5, 5.41) is 3.97. The third-order valence-corrected chi connectivity index (χ3v) is 6.26. The molecule has 1 aromatic heterocycles. The second kappa shape index (κ2) is 10.1. The highest BCUT2D eigenvalue weighted by Gasteiger charge is 2.36. The number of thioether (sulfide) groups is 1. The minimum absolute atomic E-state index is 0.178. The van der Waals surface area contributed by atoms with Gasteiger partial charge in [0, 0.05) is 23.0 Å². The lowest BCUT2D eigenvalue weighted by atomic mass is 10.0. The van der Waals surface area contributed by atoms with E-state index in [2.05, 4.69) is 62.3 Å². The zero-order chi connectivity index (χ0) is 20.0. The molecule has 2 unspecified atom stereocenters. The van der Waals surface area contributed by atoms with E-state index in [1.165, 1.54) is 18.7 Å². The Kier molecular flexibility index (Phi) is 8.45. The van der Waals surface area contributed by atoms with E-state index in [0.717, 1.165) is 18.0 Å². The second-order valence-electron chi connectivity index (χ2n) is 5.89. The molecule has 0 aliphatic carbocycles. The lowest BCUT2D eigenvalue weighted by molar-refractivity contribution is -0.120. The first kappa shape index (κ1) is 22.5. The number of benzene rings is 1. The molecule has 27 heavy (non-hydrogen) atoms. The highest BCUT2D eigenvalue weighted by molar-refractivity contribution is 14.1. The number of rotatable bonds is 6. The Morgan fingerprint density at radius 1 is 1.41 bits per heavy atom. The molecule has 1 heterocycles. The summed E-state index contributed by atoms with van der Waals surface area (Å²) in [5.74, 6) is 6.36. The van der Waals surface area contributed by atoms with Gasteiger partial charge in [0.15, 0.2) is 5.44 Å². The average Bonchev–Trinajstić information content (AvgIpc) is 2.60. The molecule has 1 amide bonds. The molecule has 0 radical (unpaired) electrons. The summed E-state index contributed by atoms with van der Waals surface area (Å²) in [7, 11) is 1.58. The van der Waals surface area contributed by atoms with Gasteiger partial charge in [0.1, 0.15) is 12.1 Å². The van der Waals surface area contributed by atoms with Crippen molar-refractivity contribution in [3.8, 4) is 17.7 Å². The van der Waals surface area contributed by atoms with E-state index >= 15 is 0 Å². The Morgan fingerprint density at radius 2 is 2.15 bits per heavy atom. The fourth-order valence-corrected chi connectivity index (χ4v) is 4.51. The van der Waals surface area contributed by atoms with Gasteiger partial charge >= 0.3 is 0 Å². The number of nitrogens with one attached hydrogen (secondary N) is 1. The SMILES string of the molecule is COCC#CC(C)(NC(C)=O)C(Oc1nc2c(I)cccc2cc1I)SC. The third kappa shape index (κ3) is 5.85. The monoisotopic (exact) mass is 610 g/mol. The van der Waals surface area contributed by atoms with Crippen LogP contribution in [0.25, 0.3) is 10.9 Å². The van der Waals surface area contributed by atoms with Crippen LogP contribution < -0.4 is 10.1 Å². The molecule has 0 saturated carbocycles. The number of carbonyl (C=O) groups excluding carboxylic acids is 1. The summed E-state index contributed by atoms with van der Waals surface area (Å²) < 4.78 is 13.2. The van der Waals surface area contributed by atoms with Crippen LogP contribution >= 0.6 is 56.9 Å². The topological polar surface area (TPSA) is 60.5 Å². The number of carbonyl (C=O) groups is 1. The van der Waals surface area contributed by atoms with Crippen molar-refractivity contribution < 1.29 is 14.3 Å². The molecule has 1 aromatic carbocycles. The minimum atomic E-state index is -0.895. The van der Waals surface area contributed by atoms with Crippen molar-refractivity contribution in [3.63, 3.8) is 0 Å². The van der Waals surface area contributed by atoms with Crippen LogP contribution in [-0.2, 0) is 9.53 Å². The zero-order valence-corrected chi connectivity index (χ0v) is 20.6. The van der Waals surface area contributed by atoms with Gasteiger partial charge in [-0.3, -0.25) is 4.79 Å². The first-order valence-electron chi connectivity index (χ1n) is 8.02. The molecule has 5 nitrogen and oxygen atoms in total. The van der Waals surface area contributed by atoms with E-state index in [0.29, 0.717) is 5.88 Å². The summed E-state index contributed by atoms with van der Waals surface area (Å²) >= 11 is 5.95. The molecule has 2 atom stereocenters. The molecule has 0 aliphatic rings. The maximum absolute atomic E-state index is 11.8. The highest BCUT2D eigenvalue weighted by atomic mass is 127. The number of nitrogens with zero attached hydrogens (tertiary/aromatic N) is 1. The van der Waals surface area contributed by atoms with Gasteiger partial charge in [-0.05, 0) is 70.5 Å². The second-order valence-corrected chi connectivity index (χ2v) is 9.11. The van der Waals surface area contributed by atoms with E-state index in [4.69, 9.17) is 14.5 Å². The summed E-state index contributed by atoms with van der Waals surface area (Å²) in [4.78, 5) is 16.5. The van der Waals surface area contributed by atoms with Crippen LogP contribution in [0, 0.1) is 19.0 Å². The number of halogens is 2. The van der Waals surface area contributed by atoms with E-state index in [1.807, 2.05) is 37.4 Å². The summed E-state index contributed by atoms with van der Waals surface area (Å²) in [5.41, 5.74) is -0.460. The lowest BCUT2D eigenvalue weighted by Crippen LogP contribution is -2.54. The number of fused-ring (bicyclic) bond motifs is 1. The maximum Gasteiger partial charge on any atom is 0.228 e. The number of pyridine rings is 1. The van der Waals surface area contributed by atoms with Crippen LogP contribution in [-0.4, -0.2) is 41.8 Å². The van der Waals surface area contributed by atoms with Crippen LogP contribution in [0.1, 0.15) is 13.8 Å². The number of hydrogen-bond acceptors (Lipinski definition) is 5. The van der Waals surface area contributed by atoms with Gasteiger partial charge in [-0.1, -0.05) is 24.0 Å². The number of ether oxygens (including phenoxy) is 2. The first-order chi connectivity index (χ1) is 12.8. The first-order valence-corrected chi connectivity index (χ1v) is 11.5. The molecule has 8 heteroatoms. The van der Waals surface area contributed by atoms with Crippen LogP contribution in [0.15, 0.2) is 24.3 Å². The van der Waals surface area contributed by atoms with Crippen molar-refractivity contribution in [2.24, 2.45) is 0 Å². The molecule has 144 valence electrons. The molecule has 2 rings (SSSR count).